The SMILES string of the molecule is Cc1ccc([C@H]2CC(=O)C3=C(C2)Nc2ccccc2N[C@@H]3c2cccc(I)c2)cc1. The fraction of sp³-hybridized carbons (Fsp3) is 0.192. The molecule has 0 spiro atoms. The van der Waals surface area contributed by atoms with E-state index in [0.717, 1.165) is 34.6 Å². The summed E-state index contributed by atoms with van der Waals surface area (Å²) >= 11 is 2.33. The molecule has 0 saturated carbocycles. The van der Waals surface area contributed by atoms with Crippen LogP contribution >= 0.6 is 22.6 Å². The molecule has 1 aliphatic heterocycles. The van der Waals surface area contributed by atoms with E-state index in [0.29, 0.717) is 6.42 Å². The number of carbonyl (C=O) groups excluding carboxylic acids is 1. The van der Waals surface area contributed by atoms with Gasteiger partial charge in [0, 0.05) is 21.3 Å². The summed E-state index contributed by atoms with van der Waals surface area (Å²) in [4.78, 5) is 13.5. The van der Waals surface area contributed by atoms with E-state index in [2.05, 4.69) is 101 Å². The number of rotatable bonds is 2. The molecule has 0 saturated heterocycles. The van der Waals surface area contributed by atoms with Gasteiger partial charge in [-0.15, -0.1) is 0 Å². The number of nitrogens with one attached hydrogen (secondary N) is 2. The molecule has 1 aliphatic carbocycles. The fourth-order valence-corrected chi connectivity index (χ4v) is 5.07. The second-order valence-electron chi connectivity index (χ2n) is 8.13. The Bertz CT molecular complexity index is 1150. The lowest BCUT2D eigenvalue weighted by Crippen LogP contribution is -2.26. The molecule has 0 fully saturated rings. The maximum absolute atomic E-state index is 13.5. The van der Waals surface area contributed by atoms with Crippen LogP contribution in [0, 0.1) is 10.5 Å². The van der Waals surface area contributed by atoms with Crippen LogP contribution in [0.4, 0.5) is 11.4 Å². The molecule has 0 radical (unpaired) electrons. The number of carbonyl (C=O) groups is 1. The number of allylic oxidation sites excluding steroid dienone is 1. The number of Topliss-reactive ketones (excluding diaryl/α,β-unsaturated/α-hetero) is 1. The normalized spacial score (nSPS) is 20.5. The lowest BCUT2D eigenvalue weighted by atomic mass is 9.78. The van der Waals surface area contributed by atoms with Gasteiger partial charge in [0.2, 0.25) is 0 Å². The number of anilines is 2. The molecule has 0 unspecified atom stereocenters. The second-order valence-corrected chi connectivity index (χ2v) is 9.38. The molecule has 3 nitrogen and oxygen atoms in total. The monoisotopic (exact) mass is 506 g/mol. The van der Waals surface area contributed by atoms with E-state index in [1.807, 2.05) is 12.1 Å². The van der Waals surface area contributed by atoms with Crippen molar-refractivity contribution in [2.75, 3.05) is 10.6 Å². The van der Waals surface area contributed by atoms with Gasteiger partial charge in [-0.25, -0.2) is 0 Å². The third kappa shape index (κ3) is 3.65. The van der Waals surface area contributed by atoms with Crippen molar-refractivity contribution < 1.29 is 4.79 Å². The number of halogens is 1. The van der Waals surface area contributed by atoms with Crippen molar-refractivity contribution in [3.05, 3.63) is 104 Å². The Hall–Kier alpha value is -2.60. The highest BCUT2D eigenvalue weighted by molar-refractivity contribution is 14.1. The van der Waals surface area contributed by atoms with Crippen LogP contribution in [0.5, 0.6) is 0 Å². The predicted molar refractivity (Wildman–Crippen MR) is 131 cm³/mol. The molecular weight excluding hydrogens is 483 g/mol. The molecule has 4 heteroatoms. The van der Waals surface area contributed by atoms with Crippen LogP contribution < -0.4 is 10.6 Å². The smallest absolute Gasteiger partial charge is 0.163 e. The van der Waals surface area contributed by atoms with Gasteiger partial charge in [-0.1, -0.05) is 54.1 Å². The summed E-state index contributed by atoms with van der Waals surface area (Å²) in [5, 5.41) is 7.26. The van der Waals surface area contributed by atoms with Crippen molar-refractivity contribution in [2.45, 2.75) is 31.7 Å². The van der Waals surface area contributed by atoms with Gasteiger partial charge < -0.3 is 10.6 Å². The predicted octanol–water partition coefficient (Wildman–Crippen LogP) is 6.58. The fourth-order valence-electron chi connectivity index (χ4n) is 4.50. The maximum atomic E-state index is 13.5. The van der Waals surface area contributed by atoms with Gasteiger partial charge in [-0.3, -0.25) is 4.79 Å². The van der Waals surface area contributed by atoms with E-state index < -0.39 is 0 Å². The Balaban J connectivity index is 1.61. The quantitative estimate of drug-likeness (QED) is 0.386. The van der Waals surface area contributed by atoms with Gasteiger partial charge in [-0.05, 0) is 77.2 Å². The topological polar surface area (TPSA) is 41.1 Å². The summed E-state index contributed by atoms with van der Waals surface area (Å²) < 4.78 is 1.17. The van der Waals surface area contributed by atoms with E-state index in [-0.39, 0.29) is 17.7 Å². The molecule has 1 heterocycles. The Kier molecular flexibility index (Phi) is 5.11. The van der Waals surface area contributed by atoms with Gasteiger partial charge in [-0.2, -0.15) is 0 Å². The molecular formula is C26H23IN2O. The first kappa shape index (κ1) is 19.4. The molecule has 3 aromatic carbocycles. The summed E-state index contributed by atoms with van der Waals surface area (Å²) in [6.45, 7) is 2.09. The van der Waals surface area contributed by atoms with E-state index >= 15 is 0 Å². The van der Waals surface area contributed by atoms with Gasteiger partial charge in [0.15, 0.2) is 5.78 Å². The average Bonchev–Trinajstić information content (AvgIpc) is 2.91. The van der Waals surface area contributed by atoms with Crippen molar-refractivity contribution in [2.24, 2.45) is 0 Å². The first-order chi connectivity index (χ1) is 14.6. The van der Waals surface area contributed by atoms with Crippen molar-refractivity contribution in [1.29, 1.82) is 0 Å². The van der Waals surface area contributed by atoms with Crippen LogP contribution in [-0.2, 0) is 4.79 Å². The minimum Gasteiger partial charge on any atom is -0.372 e. The van der Waals surface area contributed by atoms with Gasteiger partial charge in [0.1, 0.15) is 0 Å². The molecule has 5 rings (SSSR count). The molecule has 150 valence electrons. The van der Waals surface area contributed by atoms with Crippen LogP contribution in [0.25, 0.3) is 0 Å². The summed E-state index contributed by atoms with van der Waals surface area (Å²) in [6.07, 6.45) is 1.38. The highest BCUT2D eigenvalue weighted by Gasteiger charge is 2.36. The maximum Gasteiger partial charge on any atom is 0.163 e. The minimum absolute atomic E-state index is 0.155. The Morgan fingerprint density at radius 2 is 1.63 bits per heavy atom. The third-order valence-electron chi connectivity index (χ3n) is 6.04. The lowest BCUT2D eigenvalue weighted by molar-refractivity contribution is -0.116. The van der Waals surface area contributed by atoms with Crippen molar-refractivity contribution in [1.82, 2.24) is 0 Å². The van der Waals surface area contributed by atoms with Crippen LogP contribution in [0.3, 0.4) is 0 Å². The van der Waals surface area contributed by atoms with E-state index in [1.54, 1.807) is 0 Å². The van der Waals surface area contributed by atoms with E-state index in [1.165, 1.54) is 14.7 Å². The number of para-hydroxylation sites is 2. The van der Waals surface area contributed by atoms with Crippen molar-refractivity contribution in [3.8, 4) is 0 Å². The number of hydrogen-bond donors (Lipinski definition) is 2. The van der Waals surface area contributed by atoms with Gasteiger partial charge in [0.25, 0.3) is 0 Å². The first-order valence-corrected chi connectivity index (χ1v) is 11.4. The molecule has 0 aromatic heterocycles. The zero-order chi connectivity index (χ0) is 20.7. The lowest BCUT2D eigenvalue weighted by Gasteiger charge is -2.30. The largest absolute Gasteiger partial charge is 0.372 e. The zero-order valence-electron chi connectivity index (χ0n) is 16.8. The number of benzene rings is 3. The standard InChI is InChI=1S/C26H23IN2O/c1-16-9-11-17(12-10-16)19-14-23-25(24(30)15-19)26(18-5-4-6-20(27)13-18)29-22-8-3-2-7-21(22)28-23/h2-13,19,26,28-29H,14-15H2,1H3/t19-,26-/m1/s1. The Morgan fingerprint density at radius 1 is 0.867 bits per heavy atom. The van der Waals surface area contributed by atoms with Crippen LogP contribution in [0.1, 0.15) is 41.5 Å². The molecule has 30 heavy (non-hydrogen) atoms. The first-order valence-electron chi connectivity index (χ1n) is 10.3. The molecule has 2 atom stereocenters. The molecule has 0 amide bonds. The summed E-state index contributed by atoms with van der Waals surface area (Å²) in [7, 11) is 0. The molecule has 2 N–H and O–H groups in total. The molecule has 3 aromatic rings. The number of fused-ring (bicyclic) bond motifs is 1. The van der Waals surface area contributed by atoms with Crippen LogP contribution in [0.15, 0.2) is 84.1 Å². The van der Waals surface area contributed by atoms with E-state index in [9.17, 15) is 4.79 Å². The highest BCUT2D eigenvalue weighted by atomic mass is 127. The Morgan fingerprint density at radius 3 is 2.40 bits per heavy atom. The summed E-state index contributed by atoms with van der Waals surface area (Å²) in [6, 6.07) is 25.1. The second kappa shape index (κ2) is 7.91. The molecule has 0 bridgehead atoms. The average molecular weight is 506 g/mol. The number of aryl methyl sites for hydroxylation is 1. The Labute approximate surface area is 190 Å². The van der Waals surface area contributed by atoms with E-state index in [4.69, 9.17) is 0 Å². The van der Waals surface area contributed by atoms with Crippen molar-refractivity contribution in [3.63, 3.8) is 0 Å². The van der Waals surface area contributed by atoms with Crippen LogP contribution in [0.2, 0.25) is 0 Å². The van der Waals surface area contributed by atoms with Gasteiger partial charge >= 0.3 is 0 Å². The minimum atomic E-state index is -0.155. The van der Waals surface area contributed by atoms with Gasteiger partial charge in [0.05, 0.1) is 17.4 Å². The summed E-state index contributed by atoms with van der Waals surface area (Å²) in [5.74, 6) is 0.421. The number of hydrogen-bond acceptors (Lipinski definition) is 3. The summed E-state index contributed by atoms with van der Waals surface area (Å²) in [5.41, 5.74) is 7.56. The number of ketones is 1. The zero-order valence-corrected chi connectivity index (χ0v) is 18.9. The molecule has 2 aliphatic rings. The third-order valence-corrected chi connectivity index (χ3v) is 6.71. The van der Waals surface area contributed by atoms with Crippen LogP contribution in [-0.4, -0.2) is 5.78 Å². The van der Waals surface area contributed by atoms with Crippen molar-refractivity contribution >= 4 is 39.7 Å². The highest BCUT2D eigenvalue weighted by Crippen LogP contribution is 2.44.